The van der Waals surface area contributed by atoms with Crippen molar-refractivity contribution in [3.8, 4) is 0 Å². The van der Waals surface area contributed by atoms with Crippen LogP contribution in [0.4, 0.5) is 5.69 Å². The predicted molar refractivity (Wildman–Crippen MR) is 90.8 cm³/mol. The fraction of sp³-hybridized carbons (Fsp3) is 0.176. The molecule has 2 rings (SSSR count). The Morgan fingerprint density at radius 2 is 1.74 bits per heavy atom. The summed E-state index contributed by atoms with van der Waals surface area (Å²) in [5.74, 6) is -0.710. The van der Waals surface area contributed by atoms with E-state index in [9.17, 15) is 9.59 Å². The van der Waals surface area contributed by atoms with Crippen molar-refractivity contribution in [2.75, 3.05) is 5.32 Å². The van der Waals surface area contributed by atoms with Gasteiger partial charge in [0.15, 0.2) is 6.10 Å². The molecule has 0 radical (unpaired) electrons. The van der Waals surface area contributed by atoms with E-state index in [4.69, 9.17) is 27.9 Å². The molecule has 4 nitrogen and oxygen atoms in total. The zero-order chi connectivity index (χ0) is 17.0. The fourth-order valence-electron chi connectivity index (χ4n) is 2.20. The zero-order valence-electron chi connectivity index (χ0n) is 12.6. The molecular formula is C17H15Cl2NO3. The Kier molecular flexibility index (Phi) is 5.64. The summed E-state index contributed by atoms with van der Waals surface area (Å²) in [5, 5.41) is 3.62. The lowest BCUT2D eigenvalue weighted by Gasteiger charge is -2.22. The van der Waals surface area contributed by atoms with Gasteiger partial charge in [-0.05, 0) is 24.3 Å². The van der Waals surface area contributed by atoms with Crippen molar-refractivity contribution in [3.05, 3.63) is 63.6 Å². The monoisotopic (exact) mass is 351 g/mol. The number of rotatable bonds is 4. The van der Waals surface area contributed by atoms with Crippen LogP contribution < -0.4 is 5.32 Å². The number of hydrogen-bond acceptors (Lipinski definition) is 3. The van der Waals surface area contributed by atoms with E-state index >= 15 is 0 Å². The van der Waals surface area contributed by atoms with E-state index in [0.29, 0.717) is 26.9 Å². The van der Waals surface area contributed by atoms with E-state index in [1.807, 2.05) is 0 Å². The summed E-state index contributed by atoms with van der Waals surface area (Å²) in [5.41, 5.74) is 1.67. The summed E-state index contributed by atoms with van der Waals surface area (Å²) >= 11 is 12.3. The van der Waals surface area contributed by atoms with Crippen molar-refractivity contribution in [3.63, 3.8) is 0 Å². The lowest BCUT2D eigenvalue weighted by atomic mass is 9.99. The van der Waals surface area contributed by atoms with Crippen LogP contribution in [0.3, 0.4) is 0 Å². The van der Waals surface area contributed by atoms with Gasteiger partial charge in [-0.15, -0.1) is 0 Å². The molecule has 0 aliphatic rings. The minimum atomic E-state index is -0.776. The van der Waals surface area contributed by atoms with Crippen LogP contribution in [-0.2, 0) is 14.3 Å². The highest BCUT2D eigenvalue weighted by Gasteiger charge is 2.23. The van der Waals surface area contributed by atoms with Crippen molar-refractivity contribution < 1.29 is 14.3 Å². The third-order valence-electron chi connectivity index (χ3n) is 3.08. The number of halogens is 2. The first-order valence-corrected chi connectivity index (χ1v) is 7.62. The number of nitrogens with one attached hydrogen (secondary N) is 1. The number of hydrogen-bond donors (Lipinski definition) is 1. The van der Waals surface area contributed by atoms with Gasteiger partial charge in [-0.25, -0.2) is 0 Å². The Hall–Kier alpha value is -2.04. The third-order valence-corrected chi connectivity index (χ3v) is 3.66. The molecule has 0 saturated carbocycles. The van der Waals surface area contributed by atoms with Crippen LogP contribution in [0.25, 0.3) is 0 Å². The largest absolute Gasteiger partial charge is 0.453 e. The molecule has 0 fully saturated rings. The quantitative estimate of drug-likeness (QED) is 0.818. The van der Waals surface area contributed by atoms with Crippen LogP contribution in [-0.4, -0.2) is 11.9 Å². The number of carbonyl (C=O) groups is 2. The second-order valence-corrected chi connectivity index (χ2v) is 5.77. The maximum absolute atomic E-state index is 11.5. The van der Waals surface area contributed by atoms with Gasteiger partial charge in [-0.1, -0.05) is 41.4 Å². The zero-order valence-corrected chi connectivity index (χ0v) is 14.1. The van der Waals surface area contributed by atoms with Gasteiger partial charge in [-0.2, -0.15) is 0 Å². The first-order chi connectivity index (χ1) is 10.9. The van der Waals surface area contributed by atoms with Gasteiger partial charge in [0.25, 0.3) is 0 Å². The molecule has 0 aliphatic heterocycles. The number of carbonyl (C=O) groups excluding carboxylic acids is 2. The standard InChI is InChI=1S/C17H15Cl2NO3/c1-10(21)20-16-8-7-12(18)9-14(16)17(23-11(2)22)13-5-3-4-6-15(13)19/h3-9,17H,1-2H3,(H,20,21). The normalized spacial score (nSPS) is 11.7. The van der Waals surface area contributed by atoms with Crippen molar-refractivity contribution >= 4 is 40.8 Å². The van der Waals surface area contributed by atoms with E-state index in [2.05, 4.69) is 5.32 Å². The van der Waals surface area contributed by atoms with Gasteiger partial charge < -0.3 is 10.1 Å². The smallest absolute Gasteiger partial charge is 0.303 e. The summed E-state index contributed by atoms with van der Waals surface area (Å²) in [6.45, 7) is 2.71. The number of amides is 1. The molecule has 1 N–H and O–H groups in total. The minimum absolute atomic E-state index is 0.241. The number of benzene rings is 2. The number of ether oxygens (including phenoxy) is 1. The van der Waals surface area contributed by atoms with Crippen LogP contribution in [0.5, 0.6) is 0 Å². The summed E-state index contributed by atoms with van der Waals surface area (Å²) in [6, 6.07) is 12.0. The van der Waals surface area contributed by atoms with Gasteiger partial charge >= 0.3 is 5.97 Å². The minimum Gasteiger partial charge on any atom is -0.453 e. The van der Waals surface area contributed by atoms with Gasteiger partial charge in [0.1, 0.15) is 0 Å². The Morgan fingerprint density at radius 3 is 2.35 bits per heavy atom. The molecule has 1 atom stereocenters. The molecular weight excluding hydrogens is 337 g/mol. The average molecular weight is 352 g/mol. The highest BCUT2D eigenvalue weighted by molar-refractivity contribution is 6.31. The maximum Gasteiger partial charge on any atom is 0.303 e. The molecule has 23 heavy (non-hydrogen) atoms. The summed E-state index contributed by atoms with van der Waals surface area (Å²) in [4.78, 5) is 23.0. The second kappa shape index (κ2) is 7.49. The third kappa shape index (κ3) is 4.47. The molecule has 120 valence electrons. The van der Waals surface area contributed by atoms with Gasteiger partial charge in [0.2, 0.25) is 5.91 Å². The Labute approximate surface area is 144 Å². The van der Waals surface area contributed by atoms with Crippen LogP contribution >= 0.6 is 23.2 Å². The van der Waals surface area contributed by atoms with Crippen molar-refractivity contribution in [1.82, 2.24) is 0 Å². The van der Waals surface area contributed by atoms with E-state index in [0.717, 1.165) is 0 Å². The van der Waals surface area contributed by atoms with Crippen molar-refractivity contribution in [2.45, 2.75) is 20.0 Å². The molecule has 0 bridgehead atoms. The molecule has 0 heterocycles. The lowest BCUT2D eigenvalue weighted by molar-refractivity contribution is -0.144. The van der Waals surface area contributed by atoms with Gasteiger partial charge in [0, 0.05) is 40.7 Å². The van der Waals surface area contributed by atoms with Crippen LogP contribution in [0.1, 0.15) is 31.1 Å². The van der Waals surface area contributed by atoms with Gasteiger partial charge in [-0.3, -0.25) is 9.59 Å². The summed E-state index contributed by atoms with van der Waals surface area (Å²) in [7, 11) is 0. The molecule has 0 spiro atoms. The van der Waals surface area contributed by atoms with E-state index < -0.39 is 12.1 Å². The summed E-state index contributed by atoms with van der Waals surface area (Å²) in [6.07, 6.45) is -0.776. The number of esters is 1. The highest BCUT2D eigenvalue weighted by atomic mass is 35.5. The molecule has 0 aromatic heterocycles. The molecule has 0 aliphatic carbocycles. The molecule has 1 unspecified atom stereocenters. The topological polar surface area (TPSA) is 55.4 Å². The summed E-state index contributed by atoms with van der Waals surface area (Å²) < 4.78 is 5.45. The van der Waals surface area contributed by atoms with Crippen LogP contribution in [0.15, 0.2) is 42.5 Å². The van der Waals surface area contributed by atoms with Crippen molar-refractivity contribution in [1.29, 1.82) is 0 Å². The molecule has 2 aromatic rings. The Balaban J connectivity index is 2.60. The fourth-order valence-corrected chi connectivity index (χ4v) is 2.62. The Morgan fingerprint density at radius 1 is 1.04 bits per heavy atom. The SMILES string of the molecule is CC(=O)Nc1ccc(Cl)cc1C(OC(C)=O)c1ccccc1Cl. The van der Waals surface area contributed by atoms with E-state index in [-0.39, 0.29) is 5.91 Å². The predicted octanol–water partition coefficient (Wildman–Crippen LogP) is 4.60. The second-order valence-electron chi connectivity index (χ2n) is 4.92. The molecule has 2 aromatic carbocycles. The molecule has 0 saturated heterocycles. The van der Waals surface area contributed by atoms with Crippen LogP contribution in [0, 0.1) is 0 Å². The first-order valence-electron chi connectivity index (χ1n) is 6.87. The van der Waals surface area contributed by atoms with Crippen LogP contribution in [0.2, 0.25) is 10.0 Å². The first kappa shape index (κ1) is 17.3. The molecule has 1 amide bonds. The highest BCUT2D eigenvalue weighted by Crippen LogP contribution is 2.36. The van der Waals surface area contributed by atoms with Crippen molar-refractivity contribution in [2.24, 2.45) is 0 Å². The maximum atomic E-state index is 11.5. The Bertz CT molecular complexity index is 746. The molecule has 6 heteroatoms. The van der Waals surface area contributed by atoms with E-state index in [1.54, 1.807) is 42.5 Å². The van der Waals surface area contributed by atoms with Gasteiger partial charge in [0.05, 0.1) is 0 Å². The average Bonchev–Trinajstić information content (AvgIpc) is 2.47. The van der Waals surface area contributed by atoms with E-state index in [1.165, 1.54) is 13.8 Å². The number of anilines is 1. The lowest BCUT2D eigenvalue weighted by Crippen LogP contribution is -2.15.